The summed E-state index contributed by atoms with van der Waals surface area (Å²) < 4.78 is 51.8. The van der Waals surface area contributed by atoms with Crippen LogP contribution in [-0.2, 0) is 0 Å². The molecule has 0 saturated carbocycles. The second-order valence-corrected chi connectivity index (χ2v) is 2.75. The molecule has 7 nitrogen and oxygen atoms in total. The van der Waals surface area contributed by atoms with Gasteiger partial charge >= 0.3 is 18.0 Å². The van der Waals surface area contributed by atoms with Gasteiger partial charge in [-0.25, -0.2) is 9.78 Å². The van der Waals surface area contributed by atoms with Crippen molar-refractivity contribution in [1.29, 1.82) is 0 Å². The number of nitrogens with zero attached hydrogens (tertiary/aromatic N) is 2. The molecule has 1 N–H and O–H groups in total. The number of carbonyl (C=O) groups is 1. The van der Waals surface area contributed by atoms with Gasteiger partial charge in [0.25, 0.3) is 5.88 Å². The number of aromatic carboxylic acids is 1. The molecule has 1 heterocycles. The smallest absolute Gasteiger partial charge is 0.477 e. The number of hydrogen-bond donors (Lipinski definition) is 1. The van der Waals surface area contributed by atoms with Crippen LogP contribution in [0.3, 0.4) is 0 Å². The van der Waals surface area contributed by atoms with Crippen molar-refractivity contribution in [3.05, 3.63) is 27.7 Å². The molecule has 0 saturated heterocycles. The molecular weight excluding hydrogens is 268 g/mol. The summed E-state index contributed by atoms with van der Waals surface area (Å²) in [5.41, 5.74) is -2.84. The molecular formula is C7H2F4N2O5. The fourth-order valence-electron chi connectivity index (χ4n) is 0.983. The predicted molar refractivity (Wildman–Crippen MR) is 44.5 cm³/mol. The van der Waals surface area contributed by atoms with Gasteiger partial charge in [-0.05, 0) is 0 Å². The first-order valence-corrected chi connectivity index (χ1v) is 3.95. The highest BCUT2D eigenvalue weighted by Gasteiger charge is 2.36. The molecule has 0 amide bonds. The first-order chi connectivity index (χ1) is 8.13. The number of alkyl halides is 3. The number of carboxylic acid groups (broad SMARTS) is 1. The van der Waals surface area contributed by atoms with Crippen LogP contribution in [0.5, 0.6) is 5.88 Å². The van der Waals surface area contributed by atoms with Crippen LogP contribution in [0.15, 0.2) is 6.20 Å². The molecule has 1 aromatic rings. The first-order valence-electron chi connectivity index (χ1n) is 3.95. The van der Waals surface area contributed by atoms with E-state index in [2.05, 4.69) is 9.72 Å². The van der Waals surface area contributed by atoms with Crippen molar-refractivity contribution >= 4 is 11.7 Å². The number of pyridine rings is 1. The van der Waals surface area contributed by atoms with Crippen LogP contribution >= 0.6 is 0 Å². The van der Waals surface area contributed by atoms with Gasteiger partial charge < -0.3 is 9.84 Å². The molecule has 18 heavy (non-hydrogen) atoms. The summed E-state index contributed by atoms with van der Waals surface area (Å²) in [6.07, 6.45) is -5.15. The van der Waals surface area contributed by atoms with Gasteiger partial charge in [-0.2, -0.15) is 4.39 Å². The fourth-order valence-corrected chi connectivity index (χ4v) is 0.983. The van der Waals surface area contributed by atoms with Gasteiger partial charge in [0.1, 0.15) is 6.20 Å². The van der Waals surface area contributed by atoms with Crippen molar-refractivity contribution in [3.63, 3.8) is 0 Å². The zero-order valence-electron chi connectivity index (χ0n) is 8.06. The first kappa shape index (κ1) is 13.6. The Bertz CT molecular complexity index is 515. The lowest BCUT2D eigenvalue weighted by molar-refractivity contribution is -0.385. The van der Waals surface area contributed by atoms with Gasteiger partial charge in [0.2, 0.25) is 5.82 Å². The molecule has 1 aromatic heterocycles. The van der Waals surface area contributed by atoms with Crippen LogP contribution in [0.1, 0.15) is 10.4 Å². The summed E-state index contributed by atoms with van der Waals surface area (Å²) in [6.45, 7) is 0. The fraction of sp³-hybridized carbons (Fsp3) is 0.143. The van der Waals surface area contributed by atoms with Crippen LogP contribution < -0.4 is 4.74 Å². The average molecular weight is 270 g/mol. The molecule has 0 fully saturated rings. The van der Waals surface area contributed by atoms with E-state index in [1.807, 2.05) is 0 Å². The summed E-state index contributed by atoms with van der Waals surface area (Å²) in [4.78, 5) is 22.3. The topological polar surface area (TPSA) is 103 Å². The van der Waals surface area contributed by atoms with Crippen LogP contribution in [0.25, 0.3) is 0 Å². The summed E-state index contributed by atoms with van der Waals surface area (Å²) in [7, 11) is 0. The minimum absolute atomic E-state index is 0.160. The minimum atomic E-state index is -5.31. The predicted octanol–water partition coefficient (Wildman–Crippen LogP) is 1.73. The Labute approximate surface area is 94.8 Å². The Morgan fingerprint density at radius 1 is 1.50 bits per heavy atom. The maximum absolute atomic E-state index is 13.3. The van der Waals surface area contributed by atoms with Crippen molar-refractivity contribution in [2.75, 3.05) is 0 Å². The van der Waals surface area contributed by atoms with Crippen molar-refractivity contribution in [1.82, 2.24) is 4.98 Å². The summed E-state index contributed by atoms with van der Waals surface area (Å²) in [5.74, 6) is -5.90. The third kappa shape index (κ3) is 2.81. The molecule has 98 valence electrons. The van der Waals surface area contributed by atoms with E-state index in [1.54, 1.807) is 0 Å². The van der Waals surface area contributed by atoms with E-state index in [0.29, 0.717) is 0 Å². The number of hydrogen-bond acceptors (Lipinski definition) is 5. The third-order valence-corrected chi connectivity index (χ3v) is 1.59. The molecule has 0 radical (unpaired) electrons. The normalized spacial score (nSPS) is 11.1. The molecule has 0 bridgehead atoms. The molecule has 0 spiro atoms. The number of carboxylic acids is 1. The van der Waals surface area contributed by atoms with Gasteiger partial charge in [0, 0.05) is 0 Å². The molecule has 0 atom stereocenters. The highest BCUT2D eigenvalue weighted by molar-refractivity contribution is 5.92. The highest BCUT2D eigenvalue weighted by Crippen LogP contribution is 2.29. The molecule has 1 rings (SSSR count). The highest BCUT2D eigenvalue weighted by atomic mass is 19.4. The lowest BCUT2D eigenvalue weighted by Crippen LogP contribution is -2.20. The zero-order chi connectivity index (χ0) is 14.1. The Morgan fingerprint density at radius 3 is 2.44 bits per heavy atom. The quantitative estimate of drug-likeness (QED) is 0.509. The van der Waals surface area contributed by atoms with E-state index in [4.69, 9.17) is 5.11 Å². The monoisotopic (exact) mass is 270 g/mol. The van der Waals surface area contributed by atoms with Gasteiger partial charge in [0.15, 0.2) is 5.56 Å². The SMILES string of the molecule is O=C(O)c1c([N+](=O)[O-])cnc(OC(F)(F)F)c1F. The Kier molecular flexibility index (Phi) is 3.35. The van der Waals surface area contributed by atoms with Crippen LogP contribution in [0, 0.1) is 15.9 Å². The number of halogens is 4. The van der Waals surface area contributed by atoms with E-state index >= 15 is 0 Å². The summed E-state index contributed by atoms with van der Waals surface area (Å²) in [6, 6.07) is 0. The lowest BCUT2D eigenvalue weighted by atomic mass is 10.2. The van der Waals surface area contributed by atoms with Gasteiger partial charge in [-0.15, -0.1) is 13.2 Å². The molecule has 0 unspecified atom stereocenters. The number of aromatic nitrogens is 1. The number of nitro groups is 1. The molecule has 11 heteroatoms. The molecule has 0 aromatic carbocycles. The zero-order valence-corrected chi connectivity index (χ0v) is 8.06. The standard InChI is InChI=1S/C7H2F4N2O5/c8-4-3(6(14)15)2(13(16)17)1-12-5(4)18-7(9,10)11/h1H,(H,14,15). The van der Waals surface area contributed by atoms with Gasteiger partial charge in [-0.1, -0.05) is 0 Å². The Morgan fingerprint density at radius 2 is 2.06 bits per heavy atom. The van der Waals surface area contributed by atoms with Crippen LogP contribution in [0.2, 0.25) is 0 Å². The van der Waals surface area contributed by atoms with Crippen LogP contribution in [0.4, 0.5) is 23.2 Å². The second kappa shape index (κ2) is 4.43. The van der Waals surface area contributed by atoms with Gasteiger partial charge in [0.05, 0.1) is 4.92 Å². The molecule has 0 aliphatic carbocycles. The average Bonchev–Trinajstić information content (AvgIpc) is 2.17. The van der Waals surface area contributed by atoms with Crippen molar-refractivity contribution in [2.24, 2.45) is 0 Å². The number of rotatable bonds is 3. The summed E-state index contributed by atoms with van der Waals surface area (Å²) >= 11 is 0. The largest absolute Gasteiger partial charge is 0.574 e. The van der Waals surface area contributed by atoms with E-state index in [9.17, 15) is 32.5 Å². The van der Waals surface area contributed by atoms with E-state index in [1.165, 1.54) is 0 Å². The van der Waals surface area contributed by atoms with Gasteiger partial charge in [-0.3, -0.25) is 10.1 Å². The van der Waals surface area contributed by atoms with Crippen molar-refractivity contribution in [2.45, 2.75) is 6.36 Å². The van der Waals surface area contributed by atoms with E-state index in [-0.39, 0.29) is 6.20 Å². The Balaban J connectivity index is 3.40. The maximum atomic E-state index is 13.3. The third-order valence-electron chi connectivity index (χ3n) is 1.59. The van der Waals surface area contributed by atoms with Crippen LogP contribution in [-0.4, -0.2) is 27.3 Å². The van der Waals surface area contributed by atoms with E-state index < -0.39 is 40.2 Å². The second-order valence-electron chi connectivity index (χ2n) is 2.75. The Hall–Kier alpha value is -2.46. The van der Waals surface area contributed by atoms with Crippen molar-refractivity contribution in [3.8, 4) is 5.88 Å². The minimum Gasteiger partial charge on any atom is -0.477 e. The summed E-state index contributed by atoms with van der Waals surface area (Å²) in [5, 5.41) is 18.9. The number of ether oxygens (including phenoxy) is 1. The molecule has 0 aliphatic rings. The molecule has 0 aliphatic heterocycles. The van der Waals surface area contributed by atoms with E-state index in [0.717, 1.165) is 0 Å². The maximum Gasteiger partial charge on any atom is 0.574 e. The van der Waals surface area contributed by atoms with Crippen molar-refractivity contribution < 1.29 is 37.1 Å². The lowest BCUT2D eigenvalue weighted by Gasteiger charge is -2.09.